The largest absolute Gasteiger partial charge is 0.238 e. The van der Waals surface area contributed by atoms with Gasteiger partial charge in [-0.05, 0) is 37.5 Å². The average molecular weight is 274 g/mol. The first-order valence-electron chi connectivity index (χ1n) is 4.23. The van der Waals surface area contributed by atoms with Crippen molar-refractivity contribution in [1.82, 2.24) is 4.37 Å². The Morgan fingerprint density at radius 3 is 2.79 bits per heavy atom. The van der Waals surface area contributed by atoms with E-state index in [9.17, 15) is 4.39 Å². The molecule has 2 aromatic rings. The first-order valence-corrected chi connectivity index (χ1v) is 5.80. The van der Waals surface area contributed by atoms with E-state index in [2.05, 4.69) is 20.3 Å². The Labute approximate surface area is 94.2 Å². The van der Waals surface area contributed by atoms with Crippen LogP contribution in [0.1, 0.15) is 19.5 Å². The number of hydrogen-bond donors (Lipinski definition) is 0. The second-order valence-corrected chi connectivity index (χ2v) is 5.28. The molecule has 0 saturated heterocycles. The topological polar surface area (TPSA) is 12.9 Å². The van der Waals surface area contributed by atoms with Crippen LogP contribution in [-0.4, -0.2) is 4.37 Å². The van der Waals surface area contributed by atoms with Crippen LogP contribution < -0.4 is 0 Å². The average Bonchev–Trinajstić information content (AvgIpc) is 2.47. The zero-order valence-electron chi connectivity index (χ0n) is 7.84. The molecule has 0 amide bonds. The molecule has 1 nitrogen and oxygen atoms in total. The van der Waals surface area contributed by atoms with Gasteiger partial charge in [0.05, 0.1) is 10.4 Å². The summed E-state index contributed by atoms with van der Waals surface area (Å²) < 4.78 is 19.9. The predicted octanol–water partition coefficient (Wildman–Crippen LogP) is 4.26. The first kappa shape index (κ1) is 10.1. The second-order valence-electron chi connectivity index (χ2n) is 3.62. The van der Waals surface area contributed by atoms with E-state index in [1.807, 2.05) is 18.2 Å². The maximum Gasteiger partial charge on any atom is 0.148 e. The number of rotatable bonds is 1. The molecule has 0 aliphatic carbocycles. The molecule has 0 atom stereocenters. The molecule has 0 spiro atoms. The molecule has 0 aliphatic heterocycles. The highest BCUT2D eigenvalue weighted by Crippen LogP contribution is 2.36. The zero-order valence-corrected chi connectivity index (χ0v) is 10.2. The van der Waals surface area contributed by atoms with E-state index in [0.717, 1.165) is 14.6 Å². The zero-order chi connectivity index (χ0) is 10.3. The Balaban J connectivity index is 2.80. The normalized spacial score (nSPS) is 12.3. The molecule has 1 heterocycles. The smallest absolute Gasteiger partial charge is 0.148 e. The summed E-state index contributed by atoms with van der Waals surface area (Å²) in [4.78, 5) is 0. The van der Waals surface area contributed by atoms with Crippen molar-refractivity contribution < 1.29 is 4.39 Å². The van der Waals surface area contributed by atoms with Crippen molar-refractivity contribution in [2.24, 2.45) is 0 Å². The third-order valence-corrected chi connectivity index (χ3v) is 3.48. The van der Waals surface area contributed by atoms with Crippen molar-refractivity contribution in [3.63, 3.8) is 0 Å². The van der Waals surface area contributed by atoms with Gasteiger partial charge in [-0.2, -0.15) is 4.37 Å². The number of aromatic nitrogens is 1. The molecule has 0 saturated carbocycles. The minimum Gasteiger partial charge on any atom is -0.238 e. The molecule has 1 aromatic heterocycles. The van der Waals surface area contributed by atoms with E-state index < -0.39 is 5.67 Å². The number of fused-ring (bicyclic) bond motifs is 1. The Morgan fingerprint density at radius 2 is 2.14 bits per heavy atom. The highest BCUT2D eigenvalue weighted by Gasteiger charge is 2.25. The first-order chi connectivity index (χ1) is 6.50. The highest BCUT2D eigenvalue weighted by atomic mass is 79.9. The maximum atomic E-state index is 13.8. The maximum absolute atomic E-state index is 13.8. The van der Waals surface area contributed by atoms with Crippen LogP contribution in [0.5, 0.6) is 0 Å². The van der Waals surface area contributed by atoms with Crippen LogP contribution in [-0.2, 0) is 5.67 Å². The van der Waals surface area contributed by atoms with Gasteiger partial charge in [-0.3, -0.25) is 0 Å². The van der Waals surface area contributed by atoms with Crippen LogP contribution in [0.25, 0.3) is 10.1 Å². The van der Waals surface area contributed by atoms with Gasteiger partial charge in [0.2, 0.25) is 0 Å². The van der Waals surface area contributed by atoms with Crippen molar-refractivity contribution in [2.75, 3.05) is 0 Å². The van der Waals surface area contributed by atoms with Gasteiger partial charge in [-0.25, -0.2) is 4.39 Å². The molecule has 0 N–H and O–H groups in total. The van der Waals surface area contributed by atoms with E-state index >= 15 is 0 Å². The molecular weight excluding hydrogens is 265 g/mol. The molecule has 0 aliphatic rings. The lowest BCUT2D eigenvalue weighted by Gasteiger charge is -2.11. The summed E-state index contributed by atoms with van der Waals surface area (Å²) in [5, 5.41) is 0.894. The Morgan fingerprint density at radius 1 is 1.43 bits per heavy atom. The molecule has 74 valence electrons. The van der Waals surface area contributed by atoms with Gasteiger partial charge in [0.15, 0.2) is 0 Å². The third kappa shape index (κ3) is 1.57. The lowest BCUT2D eigenvalue weighted by molar-refractivity contribution is 0.218. The van der Waals surface area contributed by atoms with Gasteiger partial charge in [0.25, 0.3) is 0 Å². The predicted molar refractivity (Wildman–Crippen MR) is 61.5 cm³/mol. The van der Waals surface area contributed by atoms with Crippen molar-refractivity contribution >= 4 is 37.5 Å². The second kappa shape index (κ2) is 3.28. The quantitative estimate of drug-likeness (QED) is 0.757. The number of halogens is 2. The summed E-state index contributed by atoms with van der Waals surface area (Å²) >= 11 is 4.75. The monoisotopic (exact) mass is 273 g/mol. The van der Waals surface area contributed by atoms with Crippen LogP contribution in [0.15, 0.2) is 22.7 Å². The number of alkyl halides is 1. The Hall–Kier alpha value is -0.480. The van der Waals surface area contributed by atoms with Crippen LogP contribution in [0.2, 0.25) is 0 Å². The van der Waals surface area contributed by atoms with Crippen molar-refractivity contribution in [2.45, 2.75) is 19.5 Å². The van der Waals surface area contributed by atoms with Crippen molar-refractivity contribution in [3.8, 4) is 0 Å². The number of hydrogen-bond acceptors (Lipinski definition) is 2. The minimum atomic E-state index is -1.39. The molecule has 0 bridgehead atoms. The minimum absolute atomic E-state index is 0.518. The third-order valence-electron chi connectivity index (χ3n) is 2.01. The molecule has 0 fully saturated rings. The van der Waals surface area contributed by atoms with Gasteiger partial charge in [-0.1, -0.05) is 22.0 Å². The molecule has 2 rings (SSSR count). The van der Waals surface area contributed by atoms with Crippen LogP contribution in [0, 0.1) is 0 Å². The van der Waals surface area contributed by atoms with Gasteiger partial charge < -0.3 is 0 Å². The summed E-state index contributed by atoms with van der Waals surface area (Å²) in [6.45, 7) is 3.06. The van der Waals surface area contributed by atoms with E-state index in [1.54, 1.807) is 0 Å². The Bertz CT molecular complexity index is 472. The molecule has 1 aromatic carbocycles. The van der Waals surface area contributed by atoms with E-state index in [0.29, 0.717) is 5.69 Å². The fourth-order valence-corrected chi connectivity index (χ4v) is 2.98. The molecule has 0 unspecified atom stereocenters. The Kier molecular flexibility index (Phi) is 2.35. The van der Waals surface area contributed by atoms with E-state index in [4.69, 9.17) is 0 Å². The summed E-state index contributed by atoms with van der Waals surface area (Å²) in [6.07, 6.45) is 0. The SMILES string of the molecule is CC(C)(F)c1nsc2cccc(Br)c12. The summed E-state index contributed by atoms with van der Waals surface area (Å²) in [7, 11) is 0. The molecule has 14 heavy (non-hydrogen) atoms. The highest BCUT2D eigenvalue weighted by molar-refractivity contribution is 9.10. The fraction of sp³-hybridized carbons (Fsp3) is 0.300. The van der Waals surface area contributed by atoms with Gasteiger partial charge in [0.1, 0.15) is 5.67 Å². The lowest BCUT2D eigenvalue weighted by Crippen LogP contribution is -2.09. The van der Waals surface area contributed by atoms with E-state index in [-0.39, 0.29) is 0 Å². The molecular formula is C10H9BrFNS. The van der Waals surface area contributed by atoms with Crippen LogP contribution in [0.3, 0.4) is 0 Å². The fourth-order valence-electron chi connectivity index (χ4n) is 1.36. The lowest BCUT2D eigenvalue weighted by atomic mass is 10.0. The number of nitrogens with zero attached hydrogens (tertiary/aromatic N) is 1. The van der Waals surface area contributed by atoms with Gasteiger partial charge in [-0.15, -0.1) is 0 Å². The molecule has 4 heteroatoms. The standard InChI is InChI=1S/C10H9BrFNS/c1-10(2,12)9-8-6(11)4-3-5-7(8)14-13-9/h3-5H,1-2H3. The number of benzene rings is 1. The van der Waals surface area contributed by atoms with Gasteiger partial charge in [0, 0.05) is 9.86 Å². The van der Waals surface area contributed by atoms with Crippen LogP contribution >= 0.6 is 27.5 Å². The summed E-state index contributed by atoms with van der Waals surface area (Å²) in [5.74, 6) is 0. The van der Waals surface area contributed by atoms with E-state index in [1.165, 1.54) is 25.4 Å². The van der Waals surface area contributed by atoms with Crippen LogP contribution in [0.4, 0.5) is 4.39 Å². The van der Waals surface area contributed by atoms with Crippen molar-refractivity contribution in [3.05, 3.63) is 28.4 Å². The summed E-state index contributed by atoms with van der Waals surface area (Å²) in [6, 6.07) is 5.79. The molecule has 0 radical (unpaired) electrons. The van der Waals surface area contributed by atoms with Crippen molar-refractivity contribution in [1.29, 1.82) is 0 Å². The van der Waals surface area contributed by atoms with Gasteiger partial charge >= 0.3 is 0 Å². The summed E-state index contributed by atoms with van der Waals surface area (Å²) in [5.41, 5.74) is -0.868.